The minimum absolute atomic E-state index is 0.0608. The second-order valence-electron chi connectivity index (χ2n) is 6.80. The van der Waals surface area contributed by atoms with Gasteiger partial charge in [-0.2, -0.15) is 0 Å². The molecule has 0 aromatic heterocycles. The molecule has 0 spiro atoms. The Hall–Kier alpha value is -1.89. The van der Waals surface area contributed by atoms with E-state index in [4.69, 9.17) is 4.74 Å². The standard InChI is InChI=1S/C17H23NO5S/c1-11-7-12(2)15(13(3)8-11)16(20)23-9-14(19)18-17(4)5-6-24(21,22)10-17/h7-8H,5-6,9-10H2,1-4H3,(H,18,19)/t17-/m0/s1. The number of amides is 1. The van der Waals surface area contributed by atoms with Crippen LogP contribution in [-0.2, 0) is 19.4 Å². The van der Waals surface area contributed by atoms with Crippen molar-refractivity contribution < 1.29 is 22.7 Å². The van der Waals surface area contributed by atoms with E-state index in [1.807, 2.05) is 32.9 Å². The number of carbonyl (C=O) groups is 2. The van der Waals surface area contributed by atoms with Gasteiger partial charge < -0.3 is 10.1 Å². The summed E-state index contributed by atoms with van der Waals surface area (Å²) in [6.07, 6.45) is 0.366. The molecule has 1 heterocycles. The van der Waals surface area contributed by atoms with E-state index in [0.29, 0.717) is 12.0 Å². The Morgan fingerprint density at radius 2 is 1.79 bits per heavy atom. The molecule has 24 heavy (non-hydrogen) atoms. The highest BCUT2D eigenvalue weighted by atomic mass is 32.2. The van der Waals surface area contributed by atoms with Crippen LogP contribution in [0.25, 0.3) is 0 Å². The summed E-state index contributed by atoms with van der Waals surface area (Å²) in [7, 11) is -3.11. The van der Waals surface area contributed by atoms with E-state index in [9.17, 15) is 18.0 Å². The van der Waals surface area contributed by atoms with E-state index in [1.165, 1.54) is 0 Å². The number of nitrogens with one attached hydrogen (secondary N) is 1. The van der Waals surface area contributed by atoms with Crippen LogP contribution in [-0.4, -0.2) is 43.9 Å². The van der Waals surface area contributed by atoms with Crippen molar-refractivity contribution >= 4 is 21.7 Å². The monoisotopic (exact) mass is 353 g/mol. The molecule has 7 heteroatoms. The van der Waals surface area contributed by atoms with Crippen molar-refractivity contribution in [2.24, 2.45) is 0 Å². The minimum atomic E-state index is -3.11. The van der Waals surface area contributed by atoms with Crippen LogP contribution in [0.1, 0.15) is 40.4 Å². The van der Waals surface area contributed by atoms with Crippen molar-refractivity contribution in [3.8, 4) is 0 Å². The molecule has 6 nitrogen and oxygen atoms in total. The average molecular weight is 353 g/mol. The van der Waals surface area contributed by atoms with Gasteiger partial charge >= 0.3 is 5.97 Å². The Kier molecular flexibility index (Phi) is 5.03. The zero-order chi connectivity index (χ0) is 18.1. The normalized spacial score (nSPS) is 22.2. The molecule has 0 radical (unpaired) electrons. The maximum atomic E-state index is 12.2. The van der Waals surface area contributed by atoms with Crippen molar-refractivity contribution in [1.29, 1.82) is 0 Å². The van der Waals surface area contributed by atoms with Gasteiger partial charge in [0.1, 0.15) is 0 Å². The number of ether oxygens (including phenoxy) is 1. The molecule has 1 N–H and O–H groups in total. The van der Waals surface area contributed by atoms with E-state index in [2.05, 4.69) is 5.32 Å². The van der Waals surface area contributed by atoms with Gasteiger partial charge in [-0.3, -0.25) is 4.79 Å². The Morgan fingerprint density at radius 3 is 2.29 bits per heavy atom. The summed E-state index contributed by atoms with van der Waals surface area (Å²) in [4.78, 5) is 24.2. The summed E-state index contributed by atoms with van der Waals surface area (Å²) in [6, 6.07) is 3.77. The first-order valence-corrected chi connectivity index (χ1v) is 9.60. The SMILES string of the molecule is Cc1cc(C)c(C(=O)OCC(=O)N[C@@]2(C)CCS(=O)(=O)C2)c(C)c1. The van der Waals surface area contributed by atoms with Crippen LogP contribution < -0.4 is 5.32 Å². The third-order valence-electron chi connectivity index (χ3n) is 4.16. The molecule has 1 aliphatic rings. The molecule has 1 saturated heterocycles. The van der Waals surface area contributed by atoms with Gasteiger partial charge in [-0.25, -0.2) is 13.2 Å². The van der Waals surface area contributed by atoms with E-state index >= 15 is 0 Å². The third-order valence-corrected chi connectivity index (χ3v) is 6.06. The number of carbonyl (C=O) groups excluding carboxylic acids is 2. The van der Waals surface area contributed by atoms with Gasteiger partial charge in [0.2, 0.25) is 0 Å². The predicted molar refractivity (Wildman–Crippen MR) is 90.8 cm³/mol. The Morgan fingerprint density at radius 1 is 1.21 bits per heavy atom. The molecule has 132 valence electrons. The van der Waals surface area contributed by atoms with E-state index in [-0.39, 0.29) is 11.5 Å². The molecule has 2 rings (SSSR count). The predicted octanol–water partition coefficient (Wildman–Crippen LogP) is 1.46. The summed E-state index contributed by atoms with van der Waals surface area (Å²) < 4.78 is 28.2. The van der Waals surface area contributed by atoms with Crippen LogP contribution in [0, 0.1) is 20.8 Å². The quantitative estimate of drug-likeness (QED) is 0.828. The summed E-state index contributed by atoms with van der Waals surface area (Å²) in [5.41, 5.74) is 2.31. The maximum absolute atomic E-state index is 12.2. The minimum Gasteiger partial charge on any atom is -0.452 e. The molecule has 1 aliphatic heterocycles. The molecule has 0 saturated carbocycles. The van der Waals surface area contributed by atoms with Crippen LogP contribution in [0.2, 0.25) is 0 Å². The van der Waals surface area contributed by atoms with Crippen molar-refractivity contribution in [2.45, 2.75) is 39.7 Å². The smallest absolute Gasteiger partial charge is 0.339 e. The molecule has 0 unspecified atom stereocenters. The summed E-state index contributed by atoms with van der Waals surface area (Å²) in [5, 5.41) is 2.66. The Balaban J connectivity index is 1.96. The van der Waals surface area contributed by atoms with Crippen molar-refractivity contribution in [3.05, 3.63) is 34.4 Å². The number of hydrogen-bond donors (Lipinski definition) is 1. The van der Waals surface area contributed by atoms with Gasteiger partial charge in [0, 0.05) is 0 Å². The van der Waals surface area contributed by atoms with E-state index in [1.54, 1.807) is 6.92 Å². The fraction of sp³-hybridized carbons (Fsp3) is 0.529. The number of rotatable bonds is 4. The van der Waals surface area contributed by atoms with Crippen LogP contribution in [0.4, 0.5) is 0 Å². The molecule has 1 amide bonds. The summed E-state index contributed by atoms with van der Waals surface area (Å²) in [5.74, 6) is -1.07. The van der Waals surface area contributed by atoms with Crippen LogP contribution in [0.3, 0.4) is 0 Å². The molecular weight excluding hydrogens is 330 g/mol. The second kappa shape index (κ2) is 6.55. The molecule has 1 fully saturated rings. The van der Waals surface area contributed by atoms with Gasteiger partial charge in [0.15, 0.2) is 16.4 Å². The Labute approximate surface area is 142 Å². The summed E-state index contributed by atoms with van der Waals surface area (Å²) in [6.45, 7) is 6.84. The molecule has 1 aromatic rings. The van der Waals surface area contributed by atoms with Crippen LogP contribution >= 0.6 is 0 Å². The molecule has 0 bridgehead atoms. The lowest BCUT2D eigenvalue weighted by atomic mass is 10.00. The highest BCUT2D eigenvalue weighted by Crippen LogP contribution is 2.22. The maximum Gasteiger partial charge on any atom is 0.339 e. The number of esters is 1. The zero-order valence-electron chi connectivity index (χ0n) is 14.4. The number of hydrogen-bond acceptors (Lipinski definition) is 5. The lowest BCUT2D eigenvalue weighted by molar-refractivity contribution is -0.125. The average Bonchev–Trinajstić information content (AvgIpc) is 2.68. The lowest BCUT2D eigenvalue weighted by Gasteiger charge is -2.23. The van der Waals surface area contributed by atoms with Gasteiger partial charge in [-0.1, -0.05) is 17.7 Å². The highest BCUT2D eigenvalue weighted by Gasteiger charge is 2.39. The second-order valence-corrected chi connectivity index (χ2v) is 8.98. The van der Waals surface area contributed by atoms with Crippen molar-refractivity contribution in [3.63, 3.8) is 0 Å². The highest BCUT2D eigenvalue weighted by molar-refractivity contribution is 7.91. The molecule has 0 aliphatic carbocycles. The topological polar surface area (TPSA) is 89.5 Å². The Bertz CT molecular complexity index is 761. The molecule has 1 aromatic carbocycles. The van der Waals surface area contributed by atoms with Gasteiger partial charge in [0.05, 0.1) is 22.6 Å². The van der Waals surface area contributed by atoms with Crippen molar-refractivity contribution in [2.75, 3.05) is 18.1 Å². The first-order chi connectivity index (χ1) is 11.0. The van der Waals surface area contributed by atoms with Crippen LogP contribution in [0.5, 0.6) is 0 Å². The lowest BCUT2D eigenvalue weighted by Crippen LogP contribution is -2.48. The summed E-state index contributed by atoms with van der Waals surface area (Å²) >= 11 is 0. The number of benzene rings is 1. The molecular formula is C17H23NO5S. The molecule has 1 atom stereocenters. The van der Waals surface area contributed by atoms with Crippen LogP contribution in [0.15, 0.2) is 12.1 Å². The van der Waals surface area contributed by atoms with E-state index in [0.717, 1.165) is 16.7 Å². The van der Waals surface area contributed by atoms with Gasteiger partial charge in [-0.05, 0) is 45.2 Å². The largest absolute Gasteiger partial charge is 0.452 e. The van der Waals surface area contributed by atoms with Gasteiger partial charge in [-0.15, -0.1) is 0 Å². The van der Waals surface area contributed by atoms with Crippen molar-refractivity contribution in [1.82, 2.24) is 5.32 Å². The zero-order valence-corrected chi connectivity index (χ0v) is 15.2. The number of sulfone groups is 1. The number of aryl methyl sites for hydroxylation is 3. The fourth-order valence-electron chi connectivity index (χ4n) is 3.19. The first-order valence-electron chi connectivity index (χ1n) is 7.78. The van der Waals surface area contributed by atoms with Gasteiger partial charge in [0.25, 0.3) is 5.91 Å². The van der Waals surface area contributed by atoms with E-state index < -0.39 is 33.9 Å². The fourth-order valence-corrected chi connectivity index (χ4v) is 5.28. The third kappa shape index (κ3) is 4.35. The first kappa shape index (κ1) is 18.4.